The number of rotatable bonds is 3. The maximum Gasteiger partial charge on any atom is 0.163 e. The van der Waals surface area contributed by atoms with Gasteiger partial charge in [-0.15, -0.1) is 0 Å². The summed E-state index contributed by atoms with van der Waals surface area (Å²) in [6.07, 6.45) is 5.49. The predicted octanol–water partition coefficient (Wildman–Crippen LogP) is 3.24. The Morgan fingerprint density at radius 2 is 2.33 bits per heavy atom. The van der Waals surface area contributed by atoms with E-state index in [2.05, 4.69) is 18.1 Å². The first-order valence-corrected chi connectivity index (χ1v) is 6.77. The maximum absolute atomic E-state index is 12.2. The molecule has 0 spiro atoms. The number of allylic oxidation sites excluding steroid dienone is 2. The molecule has 1 aromatic rings. The van der Waals surface area contributed by atoms with Crippen molar-refractivity contribution in [2.75, 3.05) is 0 Å². The maximum atomic E-state index is 12.2. The lowest BCUT2D eigenvalue weighted by molar-refractivity contribution is -0.115. The summed E-state index contributed by atoms with van der Waals surface area (Å²) in [5.74, 6) is 0.894. The minimum atomic E-state index is 0.194. The van der Waals surface area contributed by atoms with E-state index in [1.807, 2.05) is 6.92 Å². The fourth-order valence-corrected chi connectivity index (χ4v) is 2.61. The van der Waals surface area contributed by atoms with Crippen LogP contribution in [0.25, 0.3) is 0 Å². The normalized spacial score (nSPS) is 19.8. The lowest BCUT2D eigenvalue weighted by Crippen LogP contribution is -2.12. The van der Waals surface area contributed by atoms with E-state index in [9.17, 15) is 4.79 Å². The van der Waals surface area contributed by atoms with Gasteiger partial charge in [-0.1, -0.05) is 24.6 Å². The Morgan fingerprint density at radius 3 is 2.83 bits per heavy atom. The van der Waals surface area contributed by atoms with Crippen molar-refractivity contribution >= 4 is 17.4 Å². The van der Waals surface area contributed by atoms with Gasteiger partial charge < -0.3 is 0 Å². The second-order valence-electron chi connectivity index (χ2n) is 5.19. The molecule has 98 valence electrons. The largest absolute Gasteiger partial charge is 0.294 e. The fraction of sp³-hybridized carbons (Fsp3) is 0.571. The number of carbonyl (C=O) groups excluding carboxylic acids is 1. The first-order valence-electron chi connectivity index (χ1n) is 6.39. The van der Waals surface area contributed by atoms with Crippen molar-refractivity contribution in [3.05, 3.63) is 28.1 Å². The third-order valence-corrected chi connectivity index (χ3v) is 4.11. The van der Waals surface area contributed by atoms with Gasteiger partial charge in [0.15, 0.2) is 5.78 Å². The van der Waals surface area contributed by atoms with E-state index in [1.54, 1.807) is 11.7 Å². The van der Waals surface area contributed by atoms with E-state index in [0.29, 0.717) is 17.5 Å². The molecule has 0 bridgehead atoms. The summed E-state index contributed by atoms with van der Waals surface area (Å²) in [7, 11) is 1.80. The molecule has 0 radical (unpaired) electrons. The zero-order valence-electron chi connectivity index (χ0n) is 11.2. The van der Waals surface area contributed by atoms with Crippen LogP contribution in [-0.2, 0) is 18.3 Å². The van der Waals surface area contributed by atoms with Crippen molar-refractivity contribution in [2.45, 2.75) is 39.5 Å². The summed E-state index contributed by atoms with van der Waals surface area (Å²) < 4.78 is 1.62. The predicted molar refractivity (Wildman–Crippen MR) is 72.8 cm³/mol. The number of ketones is 1. The van der Waals surface area contributed by atoms with Crippen LogP contribution in [0.4, 0.5) is 0 Å². The standard InChI is InChI=1S/C14H19ClN2O/c1-9-4-6-11(7-5-9)13(18)8-12-10(2)16-17(3)14(12)15/h6,9H,4-5,7-8H2,1-3H3. The fourth-order valence-electron chi connectivity index (χ4n) is 2.37. The quantitative estimate of drug-likeness (QED) is 0.842. The van der Waals surface area contributed by atoms with Crippen molar-refractivity contribution in [2.24, 2.45) is 13.0 Å². The topological polar surface area (TPSA) is 34.9 Å². The van der Waals surface area contributed by atoms with E-state index in [-0.39, 0.29) is 5.78 Å². The summed E-state index contributed by atoms with van der Waals surface area (Å²) in [6.45, 7) is 4.12. The van der Waals surface area contributed by atoms with Gasteiger partial charge in [0.2, 0.25) is 0 Å². The van der Waals surface area contributed by atoms with Gasteiger partial charge >= 0.3 is 0 Å². The number of nitrogens with zero attached hydrogens (tertiary/aromatic N) is 2. The molecule has 1 aliphatic carbocycles. The smallest absolute Gasteiger partial charge is 0.163 e. The van der Waals surface area contributed by atoms with E-state index < -0.39 is 0 Å². The average molecular weight is 267 g/mol. The number of aryl methyl sites for hydroxylation is 2. The zero-order chi connectivity index (χ0) is 13.3. The van der Waals surface area contributed by atoms with Gasteiger partial charge in [-0.3, -0.25) is 9.48 Å². The molecule has 4 heteroatoms. The van der Waals surface area contributed by atoms with Crippen molar-refractivity contribution in [1.82, 2.24) is 9.78 Å². The van der Waals surface area contributed by atoms with Crippen LogP contribution < -0.4 is 0 Å². The molecule has 18 heavy (non-hydrogen) atoms. The molecule has 0 N–H and O–H groups in total. The van der Waals surface area contributed by atoms with Gasteiger partial charge in [-0.25, -0.2) is 0 Å². The van der Waals surface area contributed by atoms with Crippen LogP contribution >= 0.6 is 11.6 Å². The number of carbonyl (C=O) groups is 1. The molecule has 3 nitrogen and oxygen atoms in total. The molecule has 0 saturated heterocycles. The zero-order valence-corrected chi connectivity index (χ0v) is 11.9. The third kappa shape index (κ3) is 2.66. The molecule has 1 aliphatic rings. The van der Waals surface area contributed by atoms with Crippen LogP contribution in [-0.4, -0.2) is 15.6 Å². The number of hydrogen-bond donors (Lipinski definition) is 0. The highest BCUT2D eigenvalue weighted by atomic mass is 35.5. The minimum absolute atomic E-state index is 0.194. The molecule has 1 unspecified atom stereocenters. The lowest BCUT2D eigenvalue weighted by Gasteiger charge is -2.17. The molecule has 1 atom stereocenters. The van der Waals surface area contributed by atoms with E-state index in [4.69, 9.17) is 11.6 Å². The highest BCUT2D eigenvalue weighted by molar-refractivity contribution is 6.30. The Bertz CT molecular complexity index is 502. The second-order valence-corrected chi connectivity index (χ2v) is 5.55. The third-order valence-electron chi connectivity index (χ3n) is 3.64. The summed E-state index contributed by atoms with van der Waals surface area (Å²) in [6, 6.07) is 0. The SMILES string of the molecule is Cc1nn(C)c(Cl)c1CC(=O)C1=CCC(C)CC1. The summed E-state index contributed by atoms with van der Waals surface area (Å²) in [5.41, 5.74) is 2.68. The molecule has 0 saturated carbocycles. The van der Waals surface area contributed by atoms with Crippen molar-refractivity contribution in [3.63, 3.8) is 0 Å². The minimum Gasteiger partial charge on any atom is -0.294 e. The lowest BCUT2D eigenvalue weighted by atomic mass is 9.88. The molecule has 0 aromatic carbocycles. The molecule has 1 heterocycles. The Balaban J connectivity index is 2.12. The van der Waals surface area contributed by atoms with E-state index >= 15 is 0 Å². The van der Waals surface area contributed by atoms with Crippen molar-refractivity contribution < 1.29 is 4.79 Å². The van der Waals surface area contributed by atoms with Gasteiger partial charge in [-0.05, 0) is 37.7 Å². The molecular weight excluding hydrogens is 248 g/mol. The average Bonchev–Trinajstić information content (AvgIpc) is 2.57. The number of halogens is 1. The molecule has 0 aliphatic heterocycles. The summed E-state index contributed by atoms with van der Waals surface area (Å²) >= 11 is 6.15. The Labute approximate surface area is 113 Å². The first-order chi connectivity index (χ1) is 8.49. The van der Waals surface area contributed by atoms with Crippen molar-refractivity contribution in [3.8, 4) is 0 Å². The van der Waals surface area contributed by atoms with Crippen LogP contribution in [0.5, 0.6) is 0 Å². The van der Waals surface area contributed by atoms with Crippen LogP contribution in [0.1, 0.15) is 37.4 Å². The highest BCUT2D eigenvalue weighted by Crippen LogP contribution is 2.26. The molecular formula is C14H19ClN2O. The highest BCUT2D eigenvalue weighted by Gasteiger charge is 2.20. The van der Waals surface area contributed by atoms with Crippen LogP contribution in [0, 0.1) is 12.8 Å². The molecule has 2 rings (SSSR count). The van der Waals surface area contributed by atoms with Gasteiger partial charge in [-0.2, -0.15) is 5.10 Å². The van der Waals surface area contributed by atoms with Crippen LogP contribution in [0.2, 0.25) is 5.15 Å². The number of aromatic nitrogens is 2. The summed E-state index contributed by atoms with van der Waals surface area (Å²) in [5, 5.41) is 4.81. The molecule has 0 fully saturated rings. The molecule has 0 amide bonds. The van der Waals surface area contributed by atoms with Crippen molar-refractivity contribution in [1.29, 1.82) is 0 Å². The monoisotopic (exact) mass is 266 g/mol. The van der Waals surface area contributed by atoms with E-state index in [0.717, 1.165) is 36.1 Å². The van der Waals surface area contributed by atoms with E-state index in [1.165, 1.54) is 0 Å². The second kappa shape index (κ2) is 5.27. The number of Topliss-reactive ketones (excluding diaryl/α,β-unsaturated/α-hetero) is 1. The van der Waals surface area contributed by atoms with Gasteiger partial charge in [0, 0.05) is 19.0 Å². The Kier molecular flexibility index (Phi) is 3.91. The van der Waals surface area contributed by atoms with Crippen LogP contribution in [0.3, 0.4) is 0 Å². The molecule has 1 aromatic heterocycles. The summed E-state index contributed by atoms with van der Waals surface area (Å²) in [4.78, 5) is 12.2. The van der Waals surface area contributed by atoms with Gasteiger partial charge in [0.25, 0.3) is 0 Å². The van der Waals surface area contributed by atoms with Gasteiger partial charge in [0.1, 0.15) is 5.15 Å². The Morgan fingerprint density at radius 1 is 1.61 bits per heavy atom. The first kappa shape index (κ1) is 13.3. The number of hydrogen-bond acceptors (Lipinski definition) is 2. The van der Waals surface area contributed by atoms with Crippen LogP contribution in [0.15, 0.2) is 11.6 Å². The Hall–Kier alpha value is -1.09. The van der Waals surface area contributed by atoms with Gasteiger partial charge in [0.05, 0.1) is 5.69 Å².